The SMILES string of the molecule is CC(I)CN1CCN(CCCC2CCN(C)CC2)CC1. The lowest BCUT2D eigenvalue weighted by Crippen LogP contribution is -2.47. The van der Waals surface area contributed by atoms with Crippen molar-refractivity contribution < 1.29 is 0 Å². The summed E-state index contributed by atoms with van der Waals surface area (Å²) in [5, 5.41) is 0. The first-order valence-corrected chi connectivity index (χ1v) is 9.65. The molecule has 0 aromatic carbocycles. The number of halogens is 1. The summed E-state index contributed by atoms with van der Waals surface area (Å²) in [5.41, 5.74) is 0. The van der Waals surface area contributed by atoms with Crippen LogP contribution >= 0.6 is 22.6 Å². The molecule has 4 heteroatoms. The fraction of sp³-hybridized carbons (Fsp3) is 1.00. The van der Waals surface area contributed by atoms with Gasteiger partial charge in [0, 0.05) is 36.6 Å². The van der Waals surface area contributed by atoms with Crippen molar-refractivity contribution in [1.82, 2.24) is 14.7 Å². The maximum atomic E-state index is 2.68. The molecule has 3 nitrogen and oxygen atoms in total. The second-order valence-corrected chi connectivity index (χ2v) is 8.94. The Hall–Kier alpha value is 0.610. The van der Waals surface area contributed by atoms with E-state index in [9.17, 15) is 0 Å². The molecular formula is C16H32IN3. The standard InChI is InChI=1S/C16H32IN3/c1-15(17)14-20-12-10-19(11-13-20)7-3-4-16-5-8-18(2)9-6-16/h15-16H,3-14H2,1-2H3. The third kappa shape index (κ3) is 6.16. The molecule has 2 aliphatic rings. The Morgan fingerprint density at radius 2 is 1.60 bits per heavy atom. The first-order chi connectivity index (χ1) is 9.63. The van der Waals surface area contributed by atoms with Gasteiger partial charge in [0.2, 0.25) is 0 Å². The molecule has 20 heavy (non-hydrogen) atoms. The van der Waals surface area contributed by atoms with Crippen molar-refractivity contribution in [1.29, 1.82) is 0 Å². The van der Waals surface area contributed by atoms with Gasteiger partial charge in [0.05, 0.1) is 0 Å². The van der Waals surface area contributed by atoms with Crippen molar-refractivity contribution in [2.24, 2.45) is 5.92 Å². The Bertz CT molecular complexity index is 256. The highest BCUT2D eigenvalue weighted by Crippen LogP contribution is 2.21. The van der Waals surface area contributed by atoms with E-state index in [1.807, 2.05) is 0 Å². The monoisotopic (exact) mass is 393 g/mol. The lowest BCUT2D eigenvalue weighted by Gasteiger charge is -2.35. The van der Waals surface area contributed by atoms with E-state index in [-0.39, 0.29) is 0 Å². The van der Waals surface area contributed by atoms with Gasteiger partial charge in [0.25, 0.3) is 0 Å². The molecule has 0 aliphatic carbocycles. The van der Waals surface area contributed by atoms with E-state index in [1.165, 1.54) is 78.0 Å². The van der Waals surface area contributed by atoms with Crippen LogP contribution in [0, 0.1) is 5.92 Å². The van der Waals surface area contributed by atoms with Crippen molar-refractivity contribution >= 4 is 22.6 Å². The second-order valence-electron chi connectivity index (χ2n) is 6.81. The third-order valence-corrected chi connectivity index (χ3v) is 5.29. The minimum atomic E-state index is 0.781. The molecule has 2 saturated heterocycles. The average molecular weight is 393 g/mol. The van der Waals surface area contributed by atoms with Crippen molar-refractivity contribution in [3.8, 4) is 0 Å². The van der Waals surface area contributed by atoms with Gasteiger partial charge in [-0.3, -0.25) is 4.90 Å². The molecule has 2 aliphatic heterocycles. The molecule has 118 valence electrons. The largest absolute Gasteiger partial charge is 0.306 e. The fourth-order valence-corrected chi connectivity index (χ4v) is 4.06. The van der Waals surface area contributed by atoms with Crippen LogP contribution in [0.25, 0.3) is 0 Å². The van der Waals surface area contributed by atoms with Crippen LogP contribution in [0.15, 0.2) is 0 Å². The summed E-state index contributed by atoms with van der Waals surface area (Å²) in [5.74, 6) is 1.01. The average Bonchev–Trinajstić information content (AvgIpc) is 2.42. The molecule has 0 amide bonds. The lowest BCUT2D eigenvalue weighted by molar-refractivity contribution is 0.128. The van der Waals surface area contributed by atoms with Crippen molar-refractivity contribution in [2.75, 3.05) is 59.4 Å². The molecule has 0 saturated carbocycles. The molecule has 0 spiro atoms. The summed E-state index contributed by atoms with van der Waals surface area (Å²) in [6, 6.07) is 0. The second kappa shape index (κ2) is 8.91. The summed E-state index contributed by atoms with van der Waals surface area (Å²) in [7, 11) is 2.26. The number of nitrogens with zero attached hydrogens (tertiary/aromatic N) is 3. The number of piperidine rings is 1. The topological polar surface area (TPSA) is 9.72 Å². The number of piperazine rings is 1. The van der Waals surface area contributed by atoms with Crippen LogP contribution in [0.5, 0.6) is 0 Å². The van der Waals surface area contributed by atoms with Gasteiger partial charge in [-0.05, 0) is 58.3 Å². The molecular weight excluding hydrogens is 361 g/mol. The summed E-state index contributed by atoms with van der Waals surface area (Å²) < 4.78 is 0.781. The molecule has 0 radical (unpaired) electrons. The van der Waals surface area contributed by atoms with Crippen LogP contribution in [-0.2, 0) is 0 Å². The summed E-state index contributed by atoms with van der Waals surface area (Å²) in [4.78, 5) is 7.79. The summed E-state index contributed by atoms with van der Waals surface area (Å²) in [6.07, 6.45) is 5.73. The normalized spacial score (nSPS) is 25.9. The molecule has 0 aromatic heterocycles. The van der Waals surface area contributed by atoms with Gasteiger partial charge in [-0.1, -0.05) is 29.5 Å². The van der Waals surface area contributed by atoms with Crippen molar-refractivity contribution in [2.45, 2.75) is 36.5 Å². The van der Waals surface area contributed by atoms with Gasteiger partial charge in [-0.2, -0.15) is 0 Å². The zero-order valence-electron chi connectivity index (χ0n) is 13.4. The number of hydrogen-bond donors (Lipinski definition) is 0. The molecule has 2 fully saturated rings. The van der Waals surface area contributed by atoms with E-state index in [2.05, 4.69) is 51.3 Å². The molecule has 2 heterocycles. The first kappa shape index (κ1) is 17.0. The van der Waals surface area contributed by atoms with Gasteiger partial charge in [0.15, 0.2) is 0 Å². The molecule has 0 aromatic rings. The van der Waals surface area contributed by atoms with E-state index in [0.717, 1.165) is 9.84 Å². The maximum absolute atomic E-state index is 2.68. The predicted octanol–water partition coefficient (Wildman–Crippen LogP) is 2.55. The van der Waals surface area contributed by atoms with E-state index in [1.54, 1.807) is 0 Å². The van der Waals surface area contributed by atoms with Crippen molar-refractivity contribution in [3.63, 3.8) is 0 Å². The molecule has 2 rings (SSSR count). The number of likely N-dealkylation sites (tertiary alicyclic amines) is 1. The minimum absolute atomic E-state index is 0.781. The number of rotatable bonds is 6. The zero-order chi connectivity index (χ0) is 14.4. The fourth-order valence-electron chi connectivity index (χ4n) is 3.51. The van der Waals surface area contributed by atoms with Gasteiger partial charge >= 0.3 is 0 Å². The number of hydrogen-bond acceptors (Lipinski definition) is 3. The predicted molar refractivity (Wildman–Crippen MR) is 95.8 cm³/mol. The highest BCUT2D eigenvalue weighted by Gasteiger charge is 2.19. The third-order valence-electron chi connectivity index (χ3n) is 4.90. The Balaban J connectivity index is 1.53. The maximum Gasteiger partial charge on any atom is 0.0209 e. The van der Waals surface area contributed by atoms with Crippen LogP contribution in [0.2, 0.25) is 0 Å². The molecule has 0 N–H and O–H groups in total. The quantitative estimate of drug-likeness (QED) is 0.507. The van der Waals surface area contributed by atoms with Crippen molar-refractivity contribution in [3.05, 3.63) is 0 Å². The Morgan fingerprint density at radius 1 is 1.00 bits per heavy atom. The molecule has 1 atom stereocenters. The van der Waals surface area contributed by atoms with Gasteiger partial charge in [-0.15, -0.1) is 0 Å². The van der Waals surface area contributed by atoms with E-state index in [0.29, 0.717) is 0 Å². The van der Waals surface area contributed by atoms with E-state index >= 15 is 0 Å². The van der Waals surface area contributed by atoms with Gasteiger partial charge < -0.3 is 9.80 Å². The van der Waals surface area contributed by atoms with Crippen LogP contribution < -0.4 is 0 Å². The Labute approximate surface area is 139 Å². The summed E-state index contributed by atoms with van der Waals surface area (Å²) in [6.45, 7) is 12.7. The smallest absolute Gasteiger partial charge is 0.0209 e. The Kier molecular flexibility index (Phi) is 7.56. The van der Waals surface area contributed by atoms with Crippen LogP contribution in [0.4, 0.5) is 0 Å². The van der Waals surface area contributed by atoms with Crippen LogP contribution in [0.1, 0.15) is 32.6 Å². The highest BCUT2D eigenvalue weighted by molar-refractivity contribution is 14.1. The minimum Gasteiger partial charge on any atom is -0.306 e. The Morgan fingerprint density at radius 3 is 2.20 bits per heavy atom. The zero-order valence-corrected chi connectivity index (χ0v) is 15.5. The molecule has 0 bridgehead atoms. The van der Waals surface area contributed by atoms with Crippen LogP contribution in [0.3, 0.4) is 0 Å². The van der Waals surface area contributed by atoms with Crippen LogP contribution in [-0.4, -0.2) is 78.0 Å². The van der Waals surface area contributed by atoms with Gasteiger partial charge in [0.1, 0.15) is 0 Å². The highest BCUT2D eigenvalue weighted by atomic mass is 127. The first-order valence-electron chi connectivity index (χ1n) is 8.41. The van der Waals surface area contributed by atoms with E-state index < -0.39 is 0 Å². The van der Waals surface area contributed by atoms with Gasteiger partial charge in [-0.25, -0.2) is 0 Å². The van der Waals surface area contributed by atoms with E-state index in [4.69, 9.17) is 0 Å². The molecule has 1 unspecified atom stereocenters. The summed E-state index contributed by atoms with van der Waals surface area (Å²) >= 11 is 2.54. The lowest BCUT2D eigenvalue weighted by atomic mass is 9.92. The number of alkyl halides is 1.